The molecule has 0 aliphatic carbocycles. The quantitative estimate of drug-likeness (QED) is 0.770. The Kier molecular flexibility index (Phi) is 6.43. The van der Waals surface area contributed by atoms with Crippen molar-refractivity contribution in [1.82, 2.24) is 5.32 Å². The van der Waals surface area contributed by atoms with E-state index in [0.717, 1.165) is 12.1 Å². The van der Waals surface area contributed by atoms with Gasteiger partial charge in [-0.25, -0.2) is 4.39 Å². The summed E-state index contributed by atoms with van der Waals surface area (Å²) in [6.45, 7) is 9.49. The fraction of sp³-hybridized carbons (Fsp3) is 0.625. The van der Waals surface area contributed by atoms with E-state index in [-0.39, 0.29) is 12.4 Å². The Hall–Kier alpha value is -1.13. The zero-order valence-electron chi connectivity index (χ0n) is 12.9. The third kappa shape index (κ3) is 5.88. The van der Waals surface area contributed by atoms with E-state index >= 15 is 0 Å². The first-order valence-electron chi connectivity index (χ1n) is 7.18. The van der Waals surface area contributed by atoms with E-state index in [2.05, 4.69) is 19.2 Å². The molecule has 0 bridgehead atoms. The van der Waals surface area contributed by atoms with Gasteiger partial charge in [-0.05, 0) is 44.0 Å². The highest BCUT2D eigenvalue weighted by Crippen LogP contribution is 2.21. The Morgan fingerprint density at radius 3 is 2.70 bits per heavy atom. The standard InChI is InChI=1S/C16H26FNO2/c1-5-16(4,19)11-20-15-7-6-14(17)8-13(15)10-18-9-12(2)3/h6-8,12,18-19H,5,9-11H2,1-4H3. The maximum atomic E-state index is 13.3. The lowest BCUT2D eigenvalue weighted by atomic mass is 10.1. The Bertz CT molecular complexity index is 419. The fourth-order valence-corrected chi connectivity index (χ4v) is 1.66. The van der Waals surface area contributed by atoms with Crippen molar-refractivity contribution in [1.29, 1.82) is 0 Å². The number of hydrogen-bond acceptors (Lipinski definition) is 3. The van der Waals surface area contributed by atoms with Crippen LogP contribution in [-0.2, 0) is 6.54 Å². The van der Waals surface area contributed by atoms with Crippen molar-refractivity contribution in [3.8, 4) is 5.75 Å². The smallest absolute Gasteiger partial charge is 0.124 e. The maximum Gasteiger partial charge on any atom is 0.124 e. The molecule has 0 aliphatic heterocycles. The van der Waals surface area contributed by atoms with Crippen LogP contribution in [0.3, 0.4) is 0 Å². The van der Waals surface area contributed by atoms with Gasteiger partial charge in [0.2, 0.25) is 0 Å². The number of nitrogens with one attached hydrogen (secondary N) is 1. The van der Waals surface area contributed by atoms with Crippen LogP contribution >= 0.6 is 0 Å². The Morgan fingerprint density at radius 1 is 1.40 bits per heavy atom. The Labute approximate surface area is 121 Å². The minimum absolute atomic E-state index is 0.201. The normalized spacial score (nSPS) is 14.3. The highest BCUT2D eigenvalue weighted by Gasteiger charge is 2.19. The van der Waals surface area contributed by atoms with E-state index in [1.165, 1.54) is 12.1 Å². The van der Waals surface area contributed by atoms with Crippen molar-refractivity contribution in [2.75, 3.05) is 13.2 Å². The topological polar surface area (TPSA) is 41.5 Å². The third-order valence-corrected chi connectivity index (χ3v) is 3.19. The fourth-order valence-electron chi connectivity index (χ4n) is 1.66. The summed E-state index contributed by atoms with van der Waals surface area (Å²) >= 11 is 0. The van der Waals surface area contributed by atoms with Gasteiger partial charge in [-0.2, -0.15) is 0 Å². The van der Waals surface area contributed by atoms with Crippen LogP contribution in [-0.4, -0.2) is 23.9 Å². The van der Waals surface area contributed by atoms with Gasteiger partial charge in [0.15, 0.2) is 0 Å². The van der Waals surface area contributed by atoms with Gasteiger partial charge in [-0.1, -0.05) is 20.8 Å². The molecule has 1 unspecified atom stereocenters. The van der Waals surface area contributed by atoms with Crippen LogP contribution in [0.1, 0.15) is 39.7 Å². The second kappa shape index (κ2) is 7.60. The van der Waals surface area contributed by atoms with Crippen molar-refractivity contribution in [2.24, 2.45) is 5.92 Å². The SMILES string of the molecule is CCC(C)(O)COc1ccc(F)cc1CNCC(C)C. The third-order valence-electron chi connectivity index (χ3n) is 3.19. The van der Waals surface area contributed by atoms with Crippen LogP contribution in [0.15, 0.2) is 18.2 Å². The highest BCUT2D eigenvalue weighted by molar-refractivity contribution is 5.34. The first kappa shape index (κ1) is 16.9. The summed E-state index contributed by atoms with van der Waals surface area (Å²) in [6, 6.07) is 4.47. The van der Waals surface area contributed by atoms with Gasteiger partial charge in [-0.15, -0.1) is 0 Å². The summed E-state index contributed by atoms with van der Waals surface area (Å²) in [7, 11) is 0. The zero-order valence-corrected chi connectivity index (χ0v) is 12.9. The molecule has 1 aromatic rings. The molecule has 3 nitrogen and oxygen atoms in total. The molecule has 4 heteroatoms. The van der Waals surface area contributed by atoms with E-state index < -0.39 is 5.60 Å². The molecule has 0 saturated heterocycles. The summed E-state index contributed by atoms with van der Waals surface area (Å²) < 4.78 is 19.0. The number of ether oxygens (including phenoxy) is 1. The highest BCUT2D eigenvalue weighted by atomic mass is 19.1. The molecule has 1 aromatic carbocycles. The van der Waals surface area contributed by atoms with E-state index in [1.807, 2.05) is 6.92 Å². The Balaban J connectivity index is 2.69. The minimum atomic E-state index is -0.864. The number of benzene rings is 1. The molecule has 114 valence electrons. The number of hydrogen-bond donors (Lipinski definition) is 2. The summed E-state index contributed by atoms with van der Waals surface area (Å²) in [4.78, 5) is 0. The summed E-state index contributed by atoms with van der Waals surface area (Å²) in [5.74, 6) is 0.881. The average molecular weight is 283 g/mol. The first-order chi connectivity index (χ1) is 9.34. The van der Waals surface area contributed by atoms with Gasteiger partial charge in [-0.3, -0.25) is 0 Å². The molecular formula is C16H26FNO2. The van der Waals surface area contributed by atoms with Gasteiger partial charge >= 0.3 is 0 Å². The molecule has 20 heavy (non-hydrogen) atoms. The summed E-state index contributed by atoms with van der Waals surface area (Å²) in [5.41, 5.74) is -0.0886. The lowest BCUT2D eigenvalue weighted by molar-refractivity contribution is 0.00814. The first-order valence-corrected chi connectivity index (χ1v) is 7.18. The van der Waals surface area contributed by atoms with Crippen LogP contribution in [0.25, 0.3) is 0 Å². The van der Waals surface area contributed by atoms with E-state index in [0.29, 0.717) is 24.6 Å². The maximum absolute atomic E-state index is 13.3. The lowest BCUT2D eigenvalue weighted by Crippen LogP contribution is -2.31. The summed E-state index contributed by atoms with van der Waals surface area (Å²) in [6.07, 6.45) is 0.606. The molecule has 1 atom stereocenters. The largest absolute Gasteiger partial charge is 0.490 e. The molecule has 1 rings (SSSR count). The molecule has 0 aliphatic rings. The lowest BCUT2D eigenvalue weighted by Gasteiger charge is -2.22. The Morgan fingerprint density at radius 2 is 2.10 bits per heavy atom. The molecule has 0 aromatic heterocycles. The number of aliphatic hydroxyl groups is 1. The predicted molar refractivity (Wildman–Crippen MR) is 79.4 cm³/mol. The molecule has 0 spiro atoms. The van der Waals surface area contributed by atoms with Crippen molar-refractivity contribution in [3.63, 3.8) is 0 Å². The van der Waals surface area contributed by atoms with Gasteiger partial charge in [0.1, 0.15) is 18.2 Å². The zero-order chi connectivity index (χ0) is 15.2. The van der Waals surface area contributed by atoms with Crippen LogP contribution in [0, 0.1) is 11.7 Å². The van der Waals surface area contributed by atoms with Crippen LogP contribution < -0.4 is 10.1 Å². The molecule has 0 heterocycles. The van der Waals surface area contributed by atoms with Gasteiger partial charge in [0, 0.05) is 12.1 Å². The van der Waals surface area contributed by atoms with Crippen molar-refractivity contribution < 1.29 is 14.2 Å². The molecule has 0 amide bonds. The van der Waals surface area contributed by atoms with Crippen LogP contribution in [0.4, 0.5) is 4.39 Å². The van der Waals surface area contributed by atoms with Gasteiger partial charge in [0.25, 0.3) is 0 Å². The predicted octanol–water partition coefficient (Wildman–Crippen LogP) is 3.11. The average Bonchev–Trinajstić information content (AvgIpc) is 2.37. The minimum Gasteiger partial charge on any atom is -0.490 e. The second-order valence-corrected chi connectivity index (χ2v) is 5.92. The van der Waals surface area contributed by atoms with Crippen LogP contribution in [0.5, 0.6) is 5.75 Å². The molecule has 2 N–H and O–H groups in total. The number of rotatable bonds is 8. The number of halogens is 1. The van der Waals surface area contributed by atoms with Gasteiger partial charge in [0.05, 0.1) is 5.60 Å². The second-order valence-electron chi connectivity index (χ2n) is 5.92. The van der Waals surface area contributed by atoms with Crippen molar-refractivity contribution in [2.45, 2.75) is 46.3 Å². The molecule has 0 fully saturated rings. The molecule has 0 saturated carbocycles. The van der Waals surface area contributed by atoms with Crippen molar-refractivity contribution >= 4 is 0 Å². The summed E-state index contributed by atoms with van der Waals surface area (Å²) in [5, 5.41) is 13.2. The van der Waals surface area contributed by atoms with E-state index in [4.69, 9.17) is 4.74 Å². The molecule has 0 radical (unpaired) electrons. The van der Waals surface area contributed by atoms with E-state index in [1.54, 1.807) is 13.0 Å². The molecular weight excluding hydrogens is 257 g/mol. The van der Waals surface area contributed by atoms with E-state index in [9.17, 15) is 9.50 Å². The van der Waals surface area contributed by atoms with Crippen molar-refractivity contribution in [3.05, 3.63) is 29.6 Å². The van der Waals surface area contributed by atoms with Crippen LogP contribution in [0.2, 0.25) is 0 Å². The monoisotopic (exact) mass is 283 g/mol. The van der Waals surface area contributed by atoms with Gasteiger partial charge < -0.3 is 15.2 Å².